The summed E-state index contributed by atoms with van der Waals surface area (Å²) in [6, 6.07) is 18.4. The molecule has 7 nitrogen and oxygen atoms in total. The fraction of sp³-hybridized carbons (Fsp3) is 0.250. The summed E-state index contributed by atoms with van der Waals surface area (Å²) in [4.78, 5) is 12.8. The average molecular weight is 445 g/mol. The molecule has 0 unspecified atom stereocenters. The van der Waals surface area contributed by atoms with Crippen LogP contribution in [0.25, 0.3) is 16.9 Å². The summed E-state index contributed by atoms with van der Waals surface area (Å²) >= 11 is 1.36. The molecule has 162 valence electrons. The lowest BCUT2D eigenvalue weighted by molar-refractivity contribution is -0.113. The highest BCUT2D eigenvalue weighted by Crippen LogP contribution is 2.30. The van der Waals surface area contributed by atoms with Crippen LogP contribution >= 0.6 is 11.8 Å². The van der Waals surface area contributed by atoms with Gasteiger partial charge in [0, 0.05) is 18.7 Å². The molecular formula is C24H24N6OS. The van der Waals surface area contributed by atoms with Crippen molar-refractivity contribution >= 4 is 23.5 Å². The standard InChI is InChI=1S/C24H24N6OS/c1-16-26-27-24(29(16)2)32-15-23(31)25-22-14-21(28-30(22)20-9-4-3-5-10-20)19-12-11-17-7-6-8-18(17)13-19/h3-5,9-14H,6-8,15H2,1-2H3,(H,25,31). The van der Waals surface area contributed by atoms with Crippen molar-refractivity contribution in [3.63, 3.8) is 0 Å². The molecule has 0 bridgehead atoms. The number of aromatic nitrogens is 5. The number of nitrogens with zero attached hydrogens (tertiary/aromatic N) is 5. The summed E-state index contributed by atoms with van der Waals surface area (Å²) < 4.78 is 3.66. The summed E-state index contributed by atoms with van der Waals surface area (Å²) in [5, 5.41) is 16.7. The van der Waals surface area contributed by atoms with Crippen LogP contribution in [0.5, 0.6) is 0 Å². The van der Waals surface area contributed by atoms with E-state index in [-0.39, 0.29) is 11.7 Å². The Morgan fingerprint density at radius 2 is 1.88 bits per heavy atom. The van der Waals surface area contributed by atoms with Crippen LogP contribution < -0.4 is 5.32 Å². The number of fused-ring (bicyclic) bond motifs is 1. The van der Waals surface area contributed by atoms with E-state index in [1.54, 1.807) is 4.68 Å². The molecule has 0 saturated carbocycles. The minimum Gasteiger partial charge on any atom is -0.310 e. The molecule has 0 spiro atoms. The topological polar surface area (TPSA) is 77.6 Å². The van der Waals surface area contributed by atoms with Crippen LogP contribution in [0.2, 0.25) is 0 Å². The maximum atomic E-state index is 12.8. The van der Waals surface area contributed by atoms with Crippen LogP contribution in [0, 0.1) is 6.92 Å². The van der Waals surface area contributed by atoms with Crippen LogP contribution in [0.15, 0.2) is 59.8 Å². The zero-order chi connectivity index (χ0) is 22.1. The quantitative estimate of drug-likeness (QED) is 0.451. The number of amides is 1. The molecule has 4 aromatic rings. The van der Waals surface area contributed by atoms with E-state index in [1.807, 2.05) is 54.9 Å². The number of nitrogens with one attached hydrogen (secondary N) is 1. The highest BCUT2D eigenvalue weighted by atomic mass is 32.2. The van der Waals surface area contributed by atoms with Gasteiger partial charge >= 0.3 is 0 Å². The molecule has 1 aliphatic carbocycles. The number of hydrogen-bond donors (Lipinski definition) is 1. The SMILES string of the molecule is Cc1nnc(SCC(=O)Nc2cc(-c3ccc4c(c3)CCC4)nn2-c2ccccc2)n1C. The predicted molar refractivity (Wildman–Crippen MR) is 126 cm³/mol. The van der Waals surface area contributed by atoms with Gasteiger partial charge in [-0.2, -0.15) is 5.10 Å². The molecule has 2 aromatic carbocycles. The van der Waals surface area contributed by atoms with Crippen molar-refractivity contribution in [2.45, 2.75) is 31.3 Å². The molecule has 8 heteroatoms. The van der Waals surface area contributed by atoms with Crippen LogP contribution in [-0.4, -0.2) is 36.2 Å². The Kier molecular flexibility index (Phi) is 5.53. The van der Waals surface area contributed by atoms with E-state index in [0.717, 1.165) is 35.6 Å². The fourth-order valence-corrected chi connectivity index (χ4v) is 4.69. The first-order valence-electron chi connectivity index (χ1n) is 10.6. The van der Waals surface area contributed by atoms with Crippen molar-refractivity contribution in [1.82, 2.24) is 24.5 Å². The number of anilines is 1. The molecular weight excluding hydrogens is 420 g/mol. The summed E-state index contributed by atoms with van der Waals surface area (Å²) in [6.45, 7) is 1.88. The molecule has 0 aliphatic heterocycles. The number of para-hydroxylation sites is 1. The van der Waals surface area contributed by atoms with Crippen LogP contribution in [0.1, 0.15) is 23.4 Å². The molecule has 0 fully saturated rings. The second-order valence-electron chi connectivity index (χ2n) is 7.92. The molecule has 1 N–H and O–H groups in total. The van der Waals surface area contributed by atoms with E-state index in [1.165, 1.54) is 29.3 Å². The maximum absolute atomic E-state index is 12.8. The van der Waals surface area contributed by atoms with E-state index in [4.69, 9.17) is 5.10 Å². The van der Waals surface area contributed by atoms with Crippen LogP contribution in [-0.2, 0) is 24.7 Å². The molecule has 2 aromatic heterocycles. The second kappa shape index (κ2) is 8.63. The number of benzene rings is 2. The van der Waals surface area contributed by atoms with E-state index < -0.39 is 0 Å². The average Bonchev–Trinajstić information content (AvgIpc) is 3.52. The van der Waals surface area contributed by atoms with Crippen LogP contribution in [0.3, 0.4) is 0 Å². The number of carbonyl (C=O) groups excluding carboxylic acids is 1. The molecule has 0 saturated heterocycles. The molecule has 0 atom stereocenters. The van der Waals surface area contributed by atoms with Gasteiger partial charge in [0.2, 0.25) is 5.91 Å². The Labute approximate surface area is 190 Å². The van der Waals surface area contributed by atoms with E-state index >= 15 is 0 Å². The van der Waals surface area contributed by atoms with E-state index in [9.17, 15) is 4.79 Å². The van der Waals surface area contributed by atoms with Gasteiger partial charge < -0.3 is 9.88 Å². The van der Waals surface area contributed by atoms with Crippen molar-refractivity contribution in [3.8, 4) is 16.9 Å². The first-order chi connectivity index (χ1) is 15.6. The molecule has 1 aliphatic rings. The predicted octanol–water partition coefficient (Wildman–Crippen LogP) is 4.20. The van der Waals surface area contributed by atoms with E-state index in [0.29, 0.717) is 11.0 Å². The van der Waals surface area contributed by atoms with Gasteiger partial charge in [0.1, 0.15) is 11.6 Å². The lowest BCUT2D eigenvalue weighted by atomic mass is 10.0. The van der Waals surface area contributed by atoms with Gasteiger partial charge in [0.05, 0.1) is 17.1 Å². The molecule has 2 heterocycles. The highest BCUT2D eigenvalue weighted by Gasteiger charge is 2.17. The minimum absolute atomic E-state index is 0.117. The third kappa shape index (κ3) is 4.05. The molecule has 32 heavy (non-hydrogen) atoms. The summed E-state index contributed by atoms with van der Waals surface area (Å²) in [7, 11) is 1.89. The normalized spacial score (nSPS) is 12.7. The number of rotatable bonds is 6. The van der Waals surface area contributed by atoms with Gasteiger partial charge in [0.25, 0.3) is 0 Å². The third-order valence-electron chi connectivity index (χ3n) is 5.76. The van der Waals surface area contributed by atoms with Gasteiger partial charge in [-0.3, -0.25) is 4.79 Å². The highest BCUT2D eigenvalue weighted by molar-refractivity contribution is 7.99. The van der Waals surface area contributed by atoms with Gasteiger partial charge in [-0.15, -0.1) is 10.2 Å². The fourth-order valence-electron chi connectivity index (χ4n) is 3.93. The number of thioether (sulfide) groups is 1. The lowest BCUT2D eigenvalue weighted by Gasteiger charge is -2.08. The summed E-state index contributed by atoms with van der Waals surface area (Å²) in [5.41, 5.74) is 5.64. The van der Waals surface area contributed by atoms with Crippen molar-refractivity contribution in [2.24, 2.45) is 7.05 Å². The monoisotopic (exact) mass is 444 g/mol. The first-order valence-corrected chi connectivity index (χ1v) is 11.6. The zero-order valence-electron chi connectivity index (χ0n) is 18.1. The molecule has 0 radical (unpaired) electrons. The number of aryl methyl sites for hydroxylation is 3. The van der Waals surface area contributed by atoms with Crippen molar-refractivity contribution < 1.29 is 4.79 Å². The Morgan fingerprint density at radius 1 is 1.06 bits per heavy atom. The van der Waals surface area contributed by atoms with Gasteiger partial charge in [-0.25, -0.2) is 4.68 Å². The Balaban J connectivity index is 1.41. The Hall–Kier alpha value is -3.39. The number of carbonyl (C=O) groups is 1. The smallest absolute Gasteiger partial charge is 0.236 e. The van der Waals surface area contributed by atoms with Crippen LogP contribution in [0.4, 0.5) is 5.82 Å². The minimum atomic E-state index is -0.117. The third-order valence-corrected chi connectivity index (χ3v) is 6.78. The van der Waals surface area contributed by atoms with Gasteiger partial charge in [-0.05, 0) is 55.5 Å². The molecule has 1 amide bonds. The summed E-state index contributed by atoms with van der Waals surface area (Å²) in [6.07, 6.45) is 3.48. The van der Waals surface area contributed by atoms with E-state index in [2.05, 4.69) is 33.7 Å². The first kappa shape index (κ1) is 20.5. The van der Waals surface area contributed by atoms with Gasteiger partial charge in [-0.1, -0.05) is 42.1 Å². The summed E-state index contributed by atoms with van der Waals surface area (Å²) in [5.74, 6) is 1.58. The second-order valence-corrected chi connectivity index (χ2v) is 8.87. The Morgan fingerprint density at radius 3 is 2.66 bits per heavy atom. The molecule has 5 rings (SSSR count). The Bertz CT molecular complexity index is 1280. The lowest BCUT2D eigenvalue weighted by Crippen LogP contribution is -2.17. The van der Waals surface area contributed by atoms with Crippen molar-refractivity contribution in [1.29, 1.82) is 0 Å². The van der Waals surface area contributed by atoms with Crippen molar-refractivity contribution in [3.05, 3.63) is 71.5 Å². The zero-order valence-corrected chi connectivity index (χ0v) is 18.9. The largest absolute Gasteiger partial charge is 0.310 e. The van der Waals surface area contributed by atoms with Crippen molar-refractivity contribution in [2.75, 3.05) is 11.1 Å². The number of hydrogen-bond acceptors (Lipinski definition) is 5. The maximum Gasteiger partial charge on any atom is 0.236 e. The van der Waals surface area contributed by atoms with Gasteiger partial charge in [0.15, 0.2) is 5.16 Å².